The van der Waals surface area contributed by atoms with E-state index in [0.29, 0.717) is 0 Å². The molecule has 0 aromatic carbocycles. The zero-order valence-electron chi connectivity index (χ0n) is 7.63. The van der Waals surface area contributed by atoms with Gasteiger partial charge in [0.1, 0.15) is 5.60 Å². The number of carbonyl (C=O) groups excluding carboxylic acids is 3. The third-order valence-corrected chi connectivity index (χ3v) is 0.904. The zero-order chi connectivity index (χ0) is 9.94. The van der Waals surface area contributed by atoms with Crippen LogP contribution in [0.5, 0.6) is 0 Å². The van der Waals surface area contributed by atoms with E-state index in [4.69, 9.17) is 0 Å². The van der Waals surface area contributed by atoms with Crippen LogP contribution in [0.2, 0.25) is 0 Å². The summed E-state index contributed by atoms with van der Waals surface area (Å²) in [5.41, 5.74) is -0.734. The van der Waals surface area contributed by atoms with Crippen LogP contribution in [0.15, 0.2) is 0 Å². The van der Waals surface area contributed by atoms with Crippen molar-refractivity contribution in [3.63, 3.8) is 0 Å². The Morgan fingerprint density at radius 3 is 1.75 bits per heavy atom. The highest BCUT2D eigenvalue weighted by Crippen LogP contribution is 2.06. The topological polar surface area (TPSA) is 60.4 Å². The van der Waals surface area contributed by atoms with Gasteiger partial charge in [0.2, 0.25) is 5.78 Å². The first-order valence-corrected chi connectivity index (χ1v) is 3.52. The summed E-state index contributed by atoms with van der Waals surface area (Å²) < 4.78 is 4.65. The quantitative estimate of drug-likeness (QED) is 0.345. The molecule has 0 unspecified atom stereocenters. The fourth-order valence-corrected chi connectivity index (χ4v) is 0.468. The highest BCUT2D eigenvalue weighted by Gasteiger charge is 2.25. The first kappa shape index (κ1) is 10.8. The maximum Gasteiger partial charge on any atom is 0.383 e. The molecule has 0 aliphatic carbocycles. The Balaban J connectivity index is 4.25. The zero-order valence-corrected chi connectivity index (χ0v) is 7.63. The molecule has 0 N–H and O–H groups in total. The van der Waals surface area contributed by atoms with Gasteiger partial charge < -0.3 is 4.74 Å². The Labute approximate surface area is 70.9 Å². The van der Waals surface area contributed by atoms with Gasteiger partial charge in [-0.25, -0.2) is 4.79 Å². The van der Waals surface area contributed by atoms with Gasteiger partial charge in [0.15, 0.2) is 0 Å². The highest BCUT2D eigenvalue weighted by atomic mass is 16.6. The van der Waals surface area contributed by atoms with Crippen LogP contribution in [0.25, 0.3) is 0 Å². The van der Waals surface area contributed by atoms with Crippen LogP contribution in [0, 0.1) is 0 Å². The first-order chi connectivity index (χ1) is 5.24. The predicted molar refractivity (Wildman–Crippen MR) is 41.5 cm³/mol. The summed E-state index contributed by atoms with van der Waals surface area (Å²) in [6.07, 6.45) is 0. The molecule has 4 heteroatoms. The first-order valence-electron chi connectivity index (χ1n) is 3.52. The van der Waals surface area contributed by atoms with Crippen LogP contribution in [0.4, 0.5) is 0 Å². The van der Waals surface area contributed by atoms with E-state index in [1.807, 2.05) is 0 Å². The summed E-state index contributed by atoms with van der Waals surface area (Å²) in [7, 11) is 0. The molecule has 0 saturated carbocycles. The van der Waals surface area contributed by atoms with Crippen molar-refractivity contribution in [2.24, 2.45) is 0 Å². The van der Waals surface area contributed by atoms with Crippen molar-refractivity contribution in [1.82, 2.24) is 0 Å². The van der Waals surface area contributed by atoms with Crippen molar-refractivity contribution >= 4 is 17.5 Å². The Morgan fingerprint density at radius 1 is 1.08 bits per heavy atom. The van der Waals surface area contributed by atoms with Crippen molar-refractivity contribution in [2.75, 3.05) is 0 Å². The van der Waals surface area contributed by atoms with E-state index in [-0.39, 0.29) is 0 Å². The van der Waals surface area contributed by atoms with Crippen molar-refractivity contribution < 1.29 is 19.1 Å². The molecule has 0 aliphatic rings. The molecular weight excluding hydrogens is 160 g/mol. The van der Waals surface area contributed by atoms with Gasteiger partial charge >= 0.3 is 11.8 Å². The molecule has 0 radical (unpaired) electrons. The molecule has 0 aromatic heterocycles. The summed E-state index contributed by atoms with van der Waals surface area (Å²) >= 11 is 0. The minimum Gasteiger partial charge on any atom is -0.454 e. The number of ketones is 2. The van der Waals surface area contributed by atoms with Gasteiger partial charge in [0.25, 0.3) is 0 Å². The standard InChI is InChI=1S/C8H12O4/c1-5(9)6(10)7(11)12-8(2,3)4/h1-4H3. The third-order valence-electron chi connectivity index (χ3n) is 0.904. The Morgan fingerprint density at radius 2 is 1.50 bits per heavy atom. The lowest BCUT2D eigenvalue weighted by molar-refractivity contribution is -0.163. The molecule has 0 spiro atoms. The SMILES string of the molecule is CC(=O)C(=O)C(=O)OC(C)(C)C. The van der Waals surface area contributed by atoms with Crippen molar-refractivity contribution in [1.29, 1.82) is 0 Å². The summed E-state index contributed by atoms with van der Waals surface area (Å²) in [6, 6.07) is 0. The number of ether oxygens (including phenoxy) is 1. The van der Waals surface area contributed by atoms with Crippen LogP contribution in [-0.4, -0.2) is 23.1 Å². The monoisotopic (exact) mass is 172 g/mol. The Kier molecular flexibility index (Phi) is 3.13. The molecule has 4 nitrogen and oxygen atoms in total. The molecule has 0 bridgehead atoms. The molecule has 0 aromatic rings. The fraction of sp³-hybridized carbons (Fsp3) is 0.625. The van der Waals surface area contributed by atoms with Crippen LogP contribution >= 0.6 is 0 Å². The largest absolute Gasteiger partial charge is 0.454 e. The van der Waals surface area contributed by atoms with E-state index in [0.717, 1.165) is 6.92 Å². The summed E-state index contributed by atoms with van der Waals surface area (Å²) in [6.45, 7) is 5.90. The Hall–Kier alpha value is -1.19. The summed E-state index contributed by atoms with van der Waals surface area (Å²) in [4.78, 5) is 31.9. The number of hydrogen-bond donors (Lipinski definition) is 0. The van der Waals surface area contributed by atoms with Gasteiger partial charge in [0.05, 0.1) is 0 Å². The van der Waals surface area contributed by atoms with Crippen LogP contribution in [0.3, 0.4) is 0 Å². The molecule has 68 valence electrons. The smallest absolute Gasteiger partial charge is 0.383 e. The Bertz CT molecular complexity index is 222. The number of hydrogen-bond acceptors (Lipinski definition) is 4. The summed E-state index contributed by atoms with van der Waals surface area (Å²) in [5.74, 6) is -3.00. The second kappa shape index (κ2) is 3.47. The number of Topliss-reactive ketones (excluding diaryl/α,β-unsaturated/α-hetero) is 2. The normalized spacial score (nSPS) is 10.7. The van der Waals surface area contributed by atoms with E-state index in [9.17, 15) is 14.4 Å². The molecule has 12 heavy (non-hydrogen) atoms. The number of rotatable bonds is 2. The molecule has 0 fully saturated rings. The third kappa shape index (κ3) is 3.85. The highest BCUT2D eigenvalue weighted by molar-refractivity contribution is 6.61. The second-order valence-electron chi connectivity index (χ2n) is 3.39. The minimum absolute atomic E-state index is 0.734. The van der Waals surface area contributed by atoms with Gasteiger partial charge in [-0.1, -0.05) is 0 Å². The van der Waals surface area contributed by atoms with Crippen molar-refractivity contribution in [3.05, 3.63) is 0 Å². The van der Waals surface area contributed by atoms with Crippen LogP contribution < -0.4 is 0 Å². The fourth-order valence-electron chi connectivity index (χ4n) is 0.468. The van der Waals surface area contributed by atoms with E-state index in [1.165, 1.54) is 0 Å². The van der Waals surface area contributed by atoms with Crippen molar-refractivity contribution in [3.8, 4) is 0 Å². The van der Waals surface area contributed by atoms with Gasteiger partial charge in [0, 0.05) is 6.92 Å². The second-order valence-corrected chi connectivity index (χ2v) is 3.39. The van der Waals surface area contributed by atoms with E-state index in [2.05, 4.69) is 4.74 Å². The molecular formula is C8H12O4. The molecule has 0 saturated heterocycles. The average molecular weight is 172 g/mol. The van der Waals surface area contributed by atoms with Crippen LogP contribution in [-0.2, 0) is 19.1 Å². The van der Waals surface area contributed by atoms with Gasteiger partial charge in [-0.2, -0.15) is 0 Å². The molecule has 0 rings (SSSR count). The van der Waals surface area contributed by atoms with Crippen molar-refractivity contribution in [2.45, 2.75) is 33.3 Å². The van der Waals surface area contributed by atoms with E-state index < -0.39 is 23.1 Å². The molecule has 0 amide bonds. The summed E-state index contributed by atoms with van der Waals surface area (Å²) in [5, 5.41) is 0. The minimum atomic E-state index is -1.11. The molecule has 0 aliphatic heterocycles. The van der Waals surface area contributed by atoms with Gasteiger partial charge in [-0.15, -0.1) is 0 Å². The van der Waals surface area contributed by atoms with Gasteiger partial charge in [-0.05, 0) is 20.8 Å². The van der Waals surface area contributed by atoms with E-state index in [1.54, 1.807) is 20.8 Å². The lowest BCUT2D eigenvalue weighted by Crippen LogP contribution is -2.31. The predicted octanol–water partition coefficient (Wildman–Crippen LogP) is 0.486. The number of esters is 1. The molecule has 0 atom stereocenters. The average Bonchev–Trinajstić information content (AvgIpc) is 1.82. The lowest BCUT2D eigenvalue weighted by Gasteiger charge is -2.18. The van der Waals surface area contributed by atoms with E-state index >= 15 is 0 Å². The maximum absolute atomic E-state index is 10.8. The maximum atomic E-state index is 10.8. The van der Waals surface area contributed by atoms with Gasteiger partial charge in [-0.3, -0.25) is 9.59 Å². The lowest BCUT2D eigenvalue weighted by atomic mass is 10.2. The van der Waals surface area contributed by atoms with Crippen LogP contribution in [0.1, 0.15) is 27.7 Å². The number of carbonyl (C=O) groups is 3. The molecule has 0 heterocycles.